The molecule has 0 unspecified atom stereocenters. The molecule has 0 bridgehead atoms. The van der Waals surface area contributed by atoms with Crippen molar-refractivity contribution >= 4 is 18.7 Å². The Balaban J connectivity index is 2.51. The van der Waals surface area contributed by atoms with Gasteiger partial charge in [0.15, 0.2) is 0 Å². The van der Waals surface area contributed by atoms with Crippen molar-refractivity contribution < 1.29 is 24.0 Å². The molecule has 0 radical (unpaired) electrons. The third kappa shape index (κ3) is 5.63. The van der Waals surface area contributed by atoms with Gasteiger partial charge in [0.1, 0.15) is 11.4 Å². The Morgan fingerprint density at radius 2 is 2.05 bits per heavy atom. The number of nitrogens with one attached hydrogen (secondary N) is 1. The molecule has 7 heteroatoms. The van der Waals surface area contributed by atoms with E-state index in [4.69, 9.17) is 14.2 Å². The Kier molecular flexibility index (Phi) is 5.20. The van der Waals surface area contributed by atoms with E-state index in [1.165, 1.54) is 7.11 Å². The topological polar surface area (TPSA) is 77.0 Å². The second-order valence-corrected chi connectivity index (χ2v) is 4.85. The molecule has 1 rings (SSSR count). The van der Waals surface area contributed by atoms with Crippen LogP contribution in [-0.4, -0.2) is 30.9 Å². The van der Waals surface area contributed by atoms with E-state index in [1.807, 2.05) is 5.48 Å². The van der Waals surface area contributed by atoms with Crippen LogP contribution in [0.2, 0.25) is 0 Å². The van der Waals surface area contributed by atoms with Gasteiger partial charge in [0.25, 0.3) is 0 Å². The van der Waals surface area contributed by atoms with Crippen molar-refractivity contribution in [2.24, 2.45) is 0 Å². The zero-order chi connectivity index (χ0) is 14.5. The molecule has 0 heterocycles. The highest BCUT2D eigenvalue weighted by molar-refractivity contribution is 6.60. The monoisotopic (exact) mass is 267 g/mol. The highest BCUT2D eigenvalue weighted by Crippen LogP contribution is 2.07. The second kappa shape index (κ2) is 6.44. The van der Waals surface area contributed by atoms with Crippen molar-refractivity contribution in [3.63, 3.8) is 0 Å². The number of hydroxylamine groups is 1. The van der Waals surface area contributed by atoms with Crippen LogP contribution in [-0.2, 0) is 9.49 Å². The normalized spacial score (nSPS) is 10.8. The van der Waals surface area contributed by atoms with Gasteiger partial charge in [0.2, 0.25) is 0 Å². The van der Waals surface area contributed by atoms with Gasteiger partial charge in [-0.2, -0.15) is 0 Å². The minimum atomic E-state index is -1.30. The van der Waals surface area contributed by atoms with Crippen LogP contribution in [0.4, 0.5) is 4.79 Å². The highest BCUT2D eigenvalue weighted by atomic mass is 16.7. The van der Waals surface area contributed by atoms with Crippen LogP contribution in [0.1, 0.15) is 20.8 Å². The predicted molar refractivity (Wildman–Crippen MR) is 71.1 cm³/mol. The van der Waals surface area contributed by atoms with Gasteiger partial charge < -0.3 is 14.5 Å². The summed E-state index contributed by atoms with van der Waals surface area (Å²) >= 11 is 0. The summed E-state index contributed by atoms with van der Waals surface area (Å²) in [6, 6.07) is 6.68. The summed E-state index contributed by atoms with van der Waals surface area (Å²) in [7, 11) is 0.216. The number of ether oxygens (including phenoxy) is 2. The molecule has 0 saturated carbocycles. The van der Waals surface area contributed by atoms with Gasteiger partial charge in [0.05, 0.1) is 7.11 Å². The van der Waals surface area contributed by atoms with E-state index in [0.717, 1.165) is 0 Å². The fraction of sp³-hybridized carbons (Fsp3) is 0.417. The fourth-order valence-electron chi connectivity index (χ4n) is 1.27. The Hall–Kier alpha value is -1.73. The van der Waals surface area contributed by atoms with Crippen LogP contribution in [0.15, 0.2) is 24.3 Å². The van der Waals surface area contributed by atoms with E-state index >= 15 is 0 Å². The molecule has 0 atom stereocenters. The maximum atomic E-state index is 11.3. The smallest absolute Gasteiger partial charge is 0.497 e. The number of methoxy groups -OCH3 is 1. The van der Waals surface area contributed by atoms with Crippen LogP contribution >= 0.6 is 0 Å². The molecule has 6 nitrogen and oxygen atoms in total. The van der Waals surface area contributed by atoms with E-state index in [2.05, 4.69) is 0 Å². The lowest BCUT2D eigenvalue weighted by molar-refractivity contribution is 0.0251. The number of carbonyl (C=O) groups excluding carboxylic acids is 1. The number of amides is 1. The lowest BCUT2D eigenvalue weighted by atomic mass is 9.80. The van der Waals surface area contributed by atoms with E-state index < -0.39 is 18.8 Å². The molecule has 1 aromatic carbocycles. The Labute approximate surface area is 112 Å². The van der Waals surface area contributed by atoms with Gasteiger partial charge >= 0.3 is 13.2 Å². The molecule has 0 saturated heterocycles. The number of carbonyl (C=O) groups is 1. The Morgan fingerprint density at radius 3 is 2.63 bits per heavy atom. The van der Waals surface area contributed by atoms with Crippen LogP contribution < -0.4 is 15.7 Å². The summed E-state index contributed by atoms with van der Waals surface area (Å²) in [5.41, 5.74) is 1.85. The standard InChI is InChI=1S/C12H18BNO5/c1-12(2,3)18-11(15)14-19-13(16)9-6-5-7-10(8-9)17-4/h5-8,16H,1-4H3,(H,14,15). The molecule has 0 aliphatic heterocycles. The predicted octanol–water partition coefficient (Wildman–Crippen LogP) is 0.839. The molecule has 0 fully saturated rings. The maximum absolute atomic E-state index is 11.3. The molecule has 0 spiro atoms. The number of rotatable bonds is 4. The quantitative estimate of drug-likeness (QED) is 0.624. The first-order chi connectivity index (χ1) is 8.81. The van der Waals surface area contributed by atoms with E-state index in [9.17, 15) is 9.82 Å². The van der Waals surface area contributed by atoms with Gasteiger partial charge in [-0.1, -0.05) is 12.1 Å². The zero-order valence-corrected chi connectivity index (χ0v) is 11.5. The summed E-state index contributed by atoms with van der Waals surface area (Å²) in [5.74, 6) is 0.581. The lowest BCUT2D eigenvalue weighted by Gasteiger charge is -2.19. The number of hydrogen-bond donors (Lipinski definition) is 2. The van der Waals surface area contributed by atoms with Crippen molar-refractivity contribution in [3.05, 3.63) is 24.3 Å². The molecule has 1 amide bonds. The van der Waals surface area contributed by atoms with Gasteiger partial charge in [0, 0.05) is 0 Å². The summed E-state index contributed by atoms with van der Waals surface area (Å²) in [5, 5.41) is 9.74. The molecule has 19 heavy (non-hydrogen) atoms. The molecule has 1 aromatic rings. The van der Waals surface area contributed by atoms with Gasteiger partial charge in [-0.25, -0.2) is 10.3 Å². The minimum Gasteiger partial charge on any atom is -0.497 e. The second-order valence-electron chi connectivity index (χ2n) is 4.85. The van der Waals surface area contributed by atoms with E-state index in [-0.39, 0.29) is 0 Å². The molecular weight excluding hydrogens is 249 g/mol. The van der Waals surface area contributed by atoms with Gasteiger partial charge in [-0.05, 0) is 38.4 Å². The third-order valence-corrected chi connectivity index (χ3v) is 2.03. The van der Waals surface area contributed by atoms with Crippen LogP contribution in [0.5, 0.6) is 5.75 Å². The highest BCUT2D eigenvalue weighted by Gasteiger charge is 2.21. The lowest BCUT2D eigenvalue weighted by Crippen LogP contribution is -2.42. The first-order valence-electron chi connectivity index (χ1n) is 5.78. The summed E-state index contributed by atoms with van der Waals surface area (Å²) in [6.07, 6.45) is -0.769. The number of benzene rings is 1. The van der Waals surface area contributed by atoms with E-state index in [0.29, 0.717) is 11.2 Å². The molecular formula is C12H18BNO5. The first-order valence-corrected chi connectivity index (χ1v) is 5.78. The largest absolute Gasteiger partial charge is 0.514 e. The molecule has 2 N–H and O–H groups in total. The van der Waals surface area contributed by atoms with Gasteiger partial charge in [-0.3, -0.25) is 4.76 Å². The van der Waals surface area contributed by atoms with Crippen LogP contribution in [0.3, 0.4) is 0 Å². The average Bonchev–Trinajstić information content (AvgIpc) is 2.34. The average molecular weight is 267 g/mol. The van der Waals surface area contributed by atoms with Crippen molar-refractivity contribution in [1.29, 1.82) is 0 Å². The molecule has 0 aliphatic rings. The van der Waals surface area contributed by atoms with E-state index in [1.54, 1.807) is 45.0 Å². The summed E-state index contributed by atoms with van der Waals surface area (Å²) in [6.45, 7) is 5.18. The molecule has 0 aliphatic carbocycles. The van der Waals surface area contributed by atoms with Crippen molar-refractivity contribution in [2.75, 3.05) is 7.11 Å². The van der Waals surface area contributed by atoms with Crippen molar-refractivity contribution in [2.45, 2.75) is 26.4 Å². The Morgan fingerprint density at radius 1 is 1.37 bits per heavy atom. The Bertz CT molecular complexity index is 432. The summed E-state index contributed by atoms with van der Waals surface area (Å²) in [4.78, 5) is 11.3. The van der Waals surface area contributed by atoms with Crippen molar-refractivity contribution in [1.82, 2.24) is 5.48 Å². The minimum absolute atomic E-state index is 0.454. The summed E-state index contributed by atoms with van der Waals surface area (Å²) < 4.78 is 14.8. The maximum Gasteiger partial charge on any atom is 0.514 e. The fourth-order valence-corrected chi connectivity index (χ4v) is 1.27. The third-order valence-electron chi connectivity index (χ3n) is 2.03. The van der Waals surface area contributed by atoms with Gasteiger partial charge in [-0.15, -0.1) is 0 Å². The zero-order valence-electron chi connectivity index (χ0n) is 11.5. The molecule has 0 aromatic heterocycles. The number of hydrogen-bond acceptors (Lipinski definition) is 5. The van der Waals surface area contributed by atoms with Crippen LogP contribution in [0, 0.1) is 0 Å². The van der Waals surface area contributed by atoms with Crippen LogP contribution in [0.25, 0.3) is 0 Å². The first kappa shape index (κ1) is 15.3. The SMILES string of the molecule is COc1cccc(B(O)ONC(=O)OC(C)(C)C)c1. The van der Waals surface area contributed by atoms with Crippen molar-refractivity contribution in [3.8, 4) is 5.75 Å². The molecule has 104 valence electrons.